The van der Waals surface area contributed by atoms with Gasteiger partial charge in [0.05, 0.1) is 13.2 Å². The number of hydrogen-bond donors (Lipinski definition) is 2. The van der Waals surface area contributed by atoms with Gasteiger partial charge in [-0.15, -0.1) is 0 Å². The van der Waals surface area contributed by atoms with Gasteiger partial charge in [-0.25, -0.2) is 0 Å². The highest BCUT2D eigenvalue weighted by Crippen LogP contribution is 2.28. The summed E-state index contributed by atoms with van der Waals surface area (Å²) >= 11 is 0. The largest absolute Gasteiger partial charge is 0.379 e. The first-order chi connectivity index (χ1) is 16.2. The average Bonchev–Trinajstić information content (AvgIpc) is 3.29. The molecule has 0 atom stereocenters. The van der Waals surface area contributed by atoms with Crippen LogP contribution in [0.1, 0.15) is 29.5 Å². The molecule has 4 rings (SSSR count). The average molecular weight is 450 g/mol. The van der Waals surface area contributed by atoms with Crippen molar-refractivity contribution in [3.63, 3.8) is 0 Å². The number of carbonyl (C=O) groups is 1. The van der Waals surface area contributed by atoms with E-state index in [1.54, 1.807) is 7.05 Å². The Kier molecular flexibility index (Phi) is 8.33. The zero-order valence-corrected chi connectivity index (χ0v) is 19.6. The Hall–Kier alpha value is -2.90. The molecule has 176 valence electrons. The summed E-state index contributed by atoms with van der Waals surface area (Å²) < 4.78 is 5.47. The maximum atomic E-state index is 12.7. The minimum Gasteiger partial charge on any atom is -0.379 e. The maximum Gasteiger partial charge on any atom is 0.227 e. The number of carbonyl (C=O) groups excluding carboxylic acids is 1. The Morgan fingerprint density at radius 1 is 1.00 bits per heavy atom. The number of benzene rings is 2. The van der Waals surface area contributed by atoms with E-state index < -0.39 is 0 Å². The summed E-state index contributed by atoms with van der Waals surface area (Å²) in [6, 6.07) is 16.7. The van der Waals surface area contributed by atoms with Gasteiger partial charge in [-0.2, -0.15) is 0 Å². The summed E-state index contributed by atoms with van der Waals surface area (Å²) in [6.07, 6.45) is 2.25. The van der Waals surface area contributed by atoms with Crippen molar-refractivity contribution in [3.05, 3.63) is 65.2 Å². The van der Waals surface area contributed by atoms with Crippen molar-refractivity contribution in [1.29, 1.82) is 0 Å². The predicted molar refractivity (Wildman–Crippen MR) is 132 cm³/mol. The van der Waals surface area contributed by atoms with E-state index >= 15 is 0 Å². The summed E-state index contributed by atoms with van der Waals surface area (Å²) in [5.41, 5.74) is 4.94. The van der Waals surface area contributed by atoms with Crippen LogP contribution in [0.15, 0.2) is 53.5 Å². The lowest BCUT2D eigenvalue weighted by molar-refractivity contribution is -0.118. The van der Waals surface area contributed by atoms with Gasteiger partial charge in [0.15, 0.2) is 5.96 Å². The van der Waals surface area contributed by atoms with Gasteiger partial charge in [0.25, 0.3) is 0 Å². The standard InChI is InChI=1S/C26H35N5O2/c1-27-26(28-13-6-11-25(32)31-14-12-21-7-4-5-10-24(21)31)29-19-22-8-2-3-9-23(22)20-30-15-17-33-18-16-30/h2-5,7-10H,6,11-20H2,1H3,(H2,27,28,29). The van der Waals surface area contributed by atoms with Gasteiger partial charge in [0.1, 0.15) is 0 Å². The minimum atomic E-state index is 0.196. The number of para-hydroxylation sites is 1. The fourth-order valence-electron chi connectivity index (χ4n) is 4.46. The second kappa shape index (κ2) is 11.8. The van der Waals surface area contributed by atoms with E-state index in [0.717, 1.165) is 63.9 Å². The lowest BCUT2D eigenvalue weighted by atomic mass is 10.1. The molecule has 0 spiro atoms. The topological polar surface area (TPSA) is 69.2 Å². The zero-order valence-electron chi connectivity index (χ0n) is 19.6. The highest BCUT2D eigenvalue weighted by Gasteiger charge is 2.23. The first-order valence-corrected chi connectivity index (χ1v) is 11.9. The molecule has 1 amide bonds. The summed E-state index contributed by atoms with van der Waals surface area (Å²) in [5.74, 6) is 0.955. The van der Waals surface area contributed by atoms with Gasteiger partial charge < -0.3 is 20.3 Å². The third-order valence-corrected chi connectivity index (χ3v) is 6.33. The Balaban J connectivity index is 1.20. The number of amides is 1. The van der Waals surface area contributed by atoms with Crippen LogP contribution in [-0.4, -0.2) is 63.2 Å². The number of fused-ring (bicyclic) bond motifs is 1. The fraction of sp³-hybridized carbons (Fsp3) is 0.462. The molecule has 33 heavy (non-hydrogen) atoms. The van der Waals surface area contributed by atoms with Crippen molar-refractivity contribution in [3.8, 4) is 0 Å². The van der Waals surface area contributed by atoms with E-state index in [1.807, 2.05) is 23.1 Å². The second-order valence-corrected chi connectivity index (χ2v) is 8.54. The van der Waals surface area contributed by atoms with Crippen LogP contribution >= 0.6 is 0 Å². The van der Waals surface area contributed by atoms with Crippen molar-refractivity contribution in [2.24, 2.45) is 4.99 Å². The third kappa shape index (κ3) is 6.33. The maximum absolute atomic E-state index is 12.7. The Bertz CT molecular complexity index is 955. The van der Waals surface area contributed by atoms with Gasteiger partial charge >= 0.3 is 0 Å². The molecule has 2 heterocycles. The molecule has 7 nitrogen and oxygen atoms in total. The molecule has 2 aliphatic rings. The van der Waals surface area contributed by atoms with Crippen LogP contribution in [-0.2, 0) is 29.0 Å². The number of guanidine groups is 1. The number of nitrogens with one attached hydrogen (secondary N) is 2. The smallest absolute Gasteiger partial charge is 0.227 e. The van der Waals surface area contributed by atoms with E-state index in [1.165, 1.54) is 16.7 Å². The van der Waals surface area contributed by atoms with Gasteiger partial charge in [-0.05, 0) is 35.6 Å². The lowest BCUT2D eigenvalue weighted by Crippen LogP contribution is -2.38. The van der Waals surface area contributed by atoms with Crippen molar-refractivity contribution in [1.82, 2.24) is 15.5 Å². The van der Waals surface area contributed by atoms with Crippen molar-refractivity contribution < 1.29 is 9.53 Å². The van der Waals surface area contributed by atoms with E-state index in [9.17, 15) is 4.79 Å². The molecule has 2 aromatic rings. The molecule has 0 saturated carbocycles. The normalized spacial score (nSPS) is 16.5. The van der Waals surface area contributed by atoms with Crippen molar-refractivity contribution >= 4 is 17.6 Å². The predicted octanol–water partition coefficient (Wildman–Crippen LogP) is 2.55. The van der Waals surface area contributed by atoms with Crippen LogP contribution in [0.2, 0.25) is 0 Å². The molecule has 0 aromatic heterocycles. The van der Waals surface area contributed by atoms with Crippen LogP contribution in [0.3, 0.4) is 0 Å². The molecule has 0 bridgehead atoms. The monoisotopic (exact) mass is 449 g/mol. The van der Waals surface area contributed by atoms with Gasteiger partial charge in [0.2, 0.25) is 5.91 Å². The number of nitrogens with zero attached hydrogens (tertiary/aromatic N) is 3. The molecule has 0 aliphatic carbocycles. The third-order valence-electron chi connectivity index (χ3n) is 6.33. The molecular weight excluding hydrogens is 414 g/mol. The molecule has 1 saturated heterocycles. The molecule has 0 unspecified atom stereocenters. The van der Waals surface area contributed by atoms with Crippen molar-refractivity contribution in [2.45, 2.75) is 32.4 Å². The van der Waals surface area contributed by atoms with Crippen LogP contribution in [0.25, 0.3) is 0 Å². The molecule has 2 aliphatic heterocycles. The van der Waals surface area contributed by atoms with Crippen LogP contribution in [0, 0.1) is 0 Å². The number of anilines is 1. The Morgan fingerprint density at radius 2 is 1.76 bits per heavy atom. The highest BCUT2D eigenvalue weighted by molar-refractivity contribution is 5.95. The van der Waals surface area contributed by atoms with Crippen molar-refractivity contribution in [2.75, 3.05) is 51.3 Å². The van der Waals surface area contributed by atoms with E-state index in [2.05, 4.69) is 50.9 Å². The summed E-state index contributed by atoms with van der Waals surface area (Å²) in [7, 11) is 1.78. The fourth-order valence-corrected chi connectivity index (χ4v) is 4.46. The Labute approximate surface area is 196 Å². The van der Waals surface area contributed by atoms with Crippen LogP contribution in [0.5, 0.6) is 0 Å². The van der Waals surface area contributed by atoms with Gasteiger partial charge in [-0.3, -0.25) is 14.7 Å². The molecule has 1 fully saturated rings. The van der Waals surface area contributed by atoms with Gasteiger partial charge in [0, 0.05) is 58.4 Å². The molecule has 2 aromatic carbocycles. The lowest BCUT2D eigenvalue weighted by Gasteiger charge is -2.27. The summed E-state index contributed by atoms with van der Waals surface area (Å²) in [6.45, 7) is 6.72. The Morgan fingerprint density at radius 3 is 2.58 bits per heavy atom. The molecule has 7 heteroatoms. The number of morpholine rings is 1. The first kappa shape index (κ1) is 23.3. The van der Waals surface area contributed by atoms with Crippen LogP contribution < -0.4 is 15.5 Å². The summed E-state index contributed by atoms with van der Waals surface area (Å²) in [5, 5.41) is 6.77. The summed E-state index contributed by atoms with van der Waals surface area (Å²) in [4.78, 5) is 21.4. The van der Waals surface area contributed by atoms with E-state index in [-0.39, 0.29) is 5.91 Å². The number of aliphatic imine (C=N–C) groups is 1. The van der Waals surface area contributed by atoms with E-state index in [0.29, 0.717) is 19.5 Å². The highest BCUT2D eigenvalue weighted by atomic mass is 16.5. The zero-order chi connectivity index (χ0) is 22.9. The number of rotatable bonds is 8. The number of hydrogen-bond acceptors (Lipinski definition) is 4. The van der Waals surface area contributed by atoms with Gasteiger partial charge in [-0.1, -0.05) is 42.5 Å². The molecule has 2 N–H and O–H groups in total. The SMILES string of the molecule is CN=C(NCCCC(=O)N1CCc2ccccc21)NCc1ccccc1CN1CCOCC1. The quantitative estimate of drug-likeness (QED) is 0.368. The minimum absolute atomic E-state index is 0.196. The molecule has 0 radical (unpaired) electrons. The number of ether oxygens (including phenoxy) is 1. The second-order valence-electron chi connectivity index (χ2n) is 8.54. The molecular formula is C26H35N5O2. The first-order valence-electron chi connectivity index (χ1n) is 11.9. The van der Waals surface area contributed by atoms with Crippen LogP contribution in [0.4, 0.5) is 5.69 Å². The van der Waals surface area contributed by atoms with E-state index in [4.69, 9.17) is 4.74 Å².